The molecular formula is C37H45N3O4. The number of piperidine rings is 1. The molecule has 1 aromatic heterocycles. The number of nitrogens with one attached hydrogen (secondary N) is 1. The molecule has 232 valence electrons. The van der Waals surface area contributed by atoms with Gasteiger partial charge < -0.3 is 24.3 Å². The minimum atomic E-state index is -0.713. The first-order chi connectivity index (χ1) is 21.5. The zero-order chi connectivity index (χ0) is 30.7. The van der Waals surface area contributed by atoms with Gasteiger partial charge in [-0.2, -0.15) is 0 Å². The van der Waals surface area contributed by atoms with Gasteiger partial charge in [-0.1, -0.05) is 74.7 Å². The number of para-hydroxylation sites is 1. The molecule has 1 aliphatic rings. The van der Waals surface area contributed by atoms with E-state index in [4.69, 9.17) is 9.47 Å². The first kappa shape index (κ1) is 31.3. The Labute approximate surface area is 261 Å². The third kappa shape index (κ3) is 8.50. The summed E-state index contributed by atoms with van der Waals surface area (Å²) in [5, 5.41) is 4.36. The topological polar surface area (TPSA) is 72.8 Å². The van der Waals surface area contributed by atoms with E-state index in [-0.39, 0.29) is 11.9 Å². The lowest BCUT2D eigenvalue weighted by Crippen LogP contribution is -2.45. The van der Waals surface area contributed by atoms with Crippen LogP contribution in [0.25, 0.3) is 10.9 Å². The van der Waals surface area contributed by atoms with Crippen LogP contribution in [0.4, 0.5) is 4.79 Å². The molecule has 1 saturated heterocycles. The third-order valence-electron chi connectivity index (χ3n) is 8.58. The van der Waals surface area contributed by atoms with Gasteiger partial charge in [-0.25, -0.2) is 4.79 Å². The highest BCUT2D eigenvalue weighted by Crippen LogP contribution is 2.27. The fourth-order valence-corrected chi connectivity index (χ4v) is 6.01. The lowest BCUT2D eigenvalue weighted by atomic mass is 10.0. The number of carbonyl (C=O) groups is 2. The Morgan fingerprint density at radius 1 is 0.886 bits per heavy atom. The summed E-state index contributed by atoms with van der Waals surface area (Å²) in [4.78, 5) is 27.7. The highest BCUT2D eigenvalue weighted by molar-refractivity contribution is 5.94. The van der Waals surface area contributed by atoms with E-state index in [0.717, 1.165) is 56.2 Å². The van der Waals surface area contributed by atoms with Gasteiger partial charge in [0.15, 0.2) is 6.23 Å². The molecule has 1 aliphatic heterocycles. The Kier molecular flexibility index (Phi) is 11.1. The molecule has 0 radical (unpaired) electrons. The van der Waals surface area contributed by atoms with E-state index in [1.165, 1.54) is 36.8 Å². The number of carbonyl (C=O) groups excluding carboxylic acids is 2. The van der Waals surface area contributed by atoms with Crippen molar-refractivity contribution in [2.45, 2.75) is 77.5 Å². The van der Waals surface area contributed by atoms with Crippen LogP contribution < -0.4 is 10.1 Å². The van der Waals surface area contributed by atoms with Crippen molar-refractivity contribution in [3.63, 3.8) is 0 Å². The minimum absolute atomic E-state index is 0.00292. The maximum absolute atomic E-state index is 12.7. The Morgan fingerprint density at radius 2 is 1.61 bits per heavy atom. The molecule has 1 unspecified atom stereocenters. The second kappa shape index (κ2) is 15.6. The summed E-state index contributed by atoms with van der Waals surface area (Å²) in [7, 11) is 0. The monoisotopic (exact) mass is 595 g/mol. The van der Waals surface area contributed by atoms with Crippen molar-refractivity contribution in [3.8, 4) is 5.75 Å². The zero-order valence-corrected chi connectivity index (χ0v) is 26.0. The van der Waals surface area contributed by atoms with Gasteiger partial charge in [0.1, 0.15) is 5.75 Å². The van der Waals surface area contributed by atoms with Crippen LogP contribution in [0.5, 0.6) is 5.75 Å². The van der Waals surface area contributed by atoms with Gasteiger partial charge in [0.2, 0.25) is 0 Å². The van der Waals surface area contributed by atoms with E-state index in [1.54, 1.807) is 0 Å². The van der Waals surface area contributed by atoms with Crippen LogP contribution in [-0.2, 0) is 17.6 Å². The van der Waals surface area contributed by atoms with Gasteiger partial charge >= 0.3 is 6.16 Å². The Hall–Kier alpha value is -4.10. The summed E-state index contributed by atoms with van der Waals surface area (Å²) in [6.07, 6.45) is 9.57. The van der Waals surface area contributed by atoms with Crippen LogP contribution in [0.3, 0.4) is 0 Å². The summed E-state index contributed by atoms with van der Waals surface area (Å²) in [5.74, 6) is 0.490. The zero-order valence-electron chi connectivity index (χ0n) is 26.0. The summed E-state index contributed by atoms with van der Waals surface area (Å²) in [6, 6.07) is 25.6. The molecule has 7 nitrogen and oxygen atoms in total. The van der Waals surface area contributed by atoms with Crippen LogP contribution in [0.1, 0.15) is 80.1 Å². The van der Waals surface area contributed by atoms with Gasteiger partial charge in [0, 0.05) is 42.8 Å². The Morgan fingerprint density at radius 3 is 2.36 bits per heavy atom. The number of aryl methyl sites for hydroxylation is 1. The lowest BCUT2D eigenvalue weighted by Gasteiger charge is -2.32. The average Bonchev–Trinajstić information content (AvgIpc) is 3.43. The molecule has 5 rings (SSSR count). The summed E-state index contributed by atoms with van der Waals surface area (Å²) < 4.78 is 13.2. The maximum Gasteiger partial charge on any atom is 0.515 e. The van der Waals surface area contributed by atoms with E-state index in [2.05, 4.69) is 35.5 Å². The summed E-state index contributed by atoms with van der Waals surface area (Å²) >= 11 is 0. The van der Waals surface area contributed by atoms with Crippen molar-refractivity contribution in [1.82, 2.24) is 14.8 Å². The van der Waals surface area contributed by atoms with Crippen LogP contribution >= 0.6 is 0 Å². The first-order valence-corrected chi connectivity index (χ1v) is 16.1. The third-order valence-corrected chi connectivity index (χ3v) is 8.58. The molecule has 44 heavy (non-hydrogen) atoms. The number of fused-ring (bicyclic) bond motifs is 1. The quantitative estimate of drug-likeness (QED) is 0.0965. The van der Waals surface area contributed by atoms with Crippen LogP contribution in [-0.4, -0.2) is 47.2 Å². The number of nitrogens with zero attached hydrogens (tertiary/aromatic N) is 2. The minimum Gasteiger partial charge on any atom is -0.410 e. The van der Waals surface area contributed by atoms with Crippen LogP contribution in [0.15, 0.2) is 85.1 Å². The predicted octanol–water partition coefficient (Wildman–Crippen LogP) is 7.94. The molecule has 4 aromatic rings. The maximum atomic E-state index is 12.7. The Bertz CT molecular complexity index is 1490. The van der Waals surface area contributed by atoms with E-state index in [1.807, 2.05) is 78.2 Å². The van der Waals surface area contributed by atoms with E-state index in [9.17, 15) is 9.59 Å². The number of amides is 1. The lowest BCUT2D eigenvalue weighted by molar-refractivity contribution is 0.0360. The number of rotatable bonds is 13. The molecule has 0 spiro atoms. The molecule has 3 aromatic carbocycles. The number of benzene rings is 3. The number of ether oxygens (including phenoxy) is 2. The fourth-order valence-electron chi connectivity index (χ4n) is 6.01. The average molecular weight is 596 g/mol. The van der Waals surface area contributed by atoms with Gasteiger partial charge in [-0.3, -0.25) is 4.79 Å². The molecule has 1 N–H and O–H groups in total. The van der Waals surface area contributed by atoms with Crippen molar-refractivity contribution in [3.05, 3.63) is 102 Å². The predicted molar refractivity (Wildman–Crippen MR) is 175 cm³/mol. The first-order valence-electron chi connectivity index (χ1n) is 16.1. The normalized spacial score (nSPS) is 14.8. The molecule has 0 saturated carbocycles. The van der Waals surface area contributed by atoms with E-state index < -0.39 is 12.4 Å². The molecule has 0 bridgehead atoms. The SMILES string of the molecule is CCCCCCc1ccc(OC(=O)OC(C)n2cc(CCN3CCC(NC(=O)c4ccccc4)CC3)c3ccccc32)cc1. The van der Waals surface area contributed by atoms with Crippen LogP contribution in [0.2, 0.25) is 0 Å². The number of hydrogen-bond acceptors (Lipinski definition) is 5. The molecule has 1 atom stereocenters. The number of hydrogen-bond donors (Lipinski definition) is 1. The van der Waals surface area contributed by atoms with Gasteiger partial charge in [-0.05, 0) is 80.5 Å². The van der Waals surface area contributed by atoms with Crippen molar-refractivity contribution in [2.24, 2.45) is 0 Å². The molecule has 7 heteroatoms. The molecule has 1 amide bonds. The molecular weight excluding hydrogens is 550 g/mol. The van der Waals surface area contributed by atoms with Crippen molar-refractivity contribution in [1.29, 1.82) is 0 Å². The van der Waals surface area contributed by atoms with Crippen molar-refractivity contribution in [2.75, 3.05) is 19.6 Å². The largest absolute Gasteiger partial charge is 0.515 e. The fraction of sp³-hybridized carbons (Fsp3) is 0.405. The molecule has 0 aliphatic carbocycles. The van der Waals surface area contributed by atoms with Gasteiger partial charge in [0.25, 0.3) is 5.91 Å². The van der Waals surface area contributed by atoms with E-state index in [0.29, 0.717) is 11.3 Å². The number of unbranched alkanes of at least 4 members (excludes halogenated alkanes) is 3. The molecule has 2 heterocycles. The Balaban J connectivity index is 1.12. The number of likely N-dealkylation sites (tertiary alicyclic amines) is 1. The smallest absolute Gasteiger partial charge is 0.410 e. The second-order valence-corrected chi connectivity index (χ2v) is 11.8. The van der Waals surface area contributed by atoms with Gasteiger partial charge in [-0.15, -0.1) is 0 Å². The van der Waals surface area contributed by atoms with E-state index >= 15 is 0 Å². The standard InChI is InChI=1S/C37H45N3O4/c1-3-4-5-7-12-29-17-19-33(20-18-29)44-37(42)43-28(2)40-27-31(34-15-10-11-16-35(34)40)21-24-39-25-22-32(23-26-39)38-36(41)30-13-8-6-9-14-30/h6,8-11,13-20,27-28,32H,3-5,7,12,21-26H2,1-2H3,(H,38,41). The van der Waals surface area contributed by atoms with Crippen molar-refractivity contribution < 1.29 is 19.1 Å². The highest BCUT2D eigenvalue weighted by Gasteiger charge is 2.22. The summed E-state index contributed by atoms with van der Waals surface area (Å²) in [5.41, 5.74) is 4.21. The molecule has 1 fully saturated rings. The summed E-state index contributed by atoms with van der Waals surface area (Å²) in [6.45, 7) is 6.91. The van der Waals surface area contributed by atoms with Gasteiger partial charge in [0.05, 0.1) is 5.52 Å². The number of aromatic nitrogens is 1. The second-order valence-electron chi connectivity index (χ2n) is 11.8. The highest BCUT2D eigenvalue weighted by atomic mass is 16.7. The van der Waals surface area contributed by atoms with Crippen molar-refractivity contribution >= 4 is 23.0 Å². The van der Waals surface area contributed by atoms with Crippen LogP contribution in [0, 0.1) is 0 Å².